The third-order valence-corrected chi connectivity index (χ3v) is 4.49. The van der Waals surface area contributed by atoms with Gasteiger partial charge in [-0.1, -0.05) is 0 Å². The van der Waals surface area contributed by atoms with E-state index in [1.807, 2.05) is 31.7 Å². The van der Waals surface area contributed by atoms with Crippen molar-refractivity contribution in [3.8, 4) is 11.5 Å². The van der Waals surface area contributed by atoms with Gasteiger partial charge >= 0.3 is 0 Å². The normalized spacial score (nSPS) is 21.5. The lowest BCUT2D eigenvalue weighted by Crippen LogP contribution is -2.39. The van der Waals surface area contributed by atoms with Gasteiger partial charge in [0.2, 0.25) is 11.9 Å². The Bertz CT molecular complexity index is 737. The van der Waals surface area contributed by atoms with Crippen molar-refractivity contribution in [1.82, 2.24) is 0 Å². The quantitative estimate of drug-likeness (QED) is 0.737. The van der Waals surface area contributed by atoms with Gasteiger partial charge in [-0.05, 0) is 44.7 Å². The second-order valence-electron chi connectivity index (χ2n) is 5.78. The molecule has 5 nitrogen and oxygen atoms in total. The molecule has 21 heavy (non-hydrogen) atoms. The van der Waals surface area contributed by atoms with E-state index in [4.69, 9.17) is 9.47 Å². The van der Waals surface area contributed by atoms with Crippen LogP contribution in [0.3, 0.4) is 0 Å². The highest BCUT2D eigenvalue weighted by molar-refractivity contribution is 8.27. The molecule has 0 saturated heterocycles. The summed E-state index contributed by atoms with van der Waals surface area (Å²) in [5.41, 5.74) is 2.21. The number of aliphatic imine (C=N–C) groups is 1. The Kier molecular flexibility index (Phi) is 2.45. The first-order valence-electron chi connectivity index (χ1n) is 6.70. The minimum atomic E-state index is -0.295. The molecule has 0 aromatic heterocycles. The van der Waals surface area contributed by atoms with Crippen LogP contribution in [0.4, 0.5) is 5.69 Å². The summed E-state index contributed by atoms with van der Waals surface area (Å²) < 4.78 is 10.8. The van der Waals surface area contributed by atoms with Crippen molar-refractivity contribution in [2.24, 2.45) is 4.99 Å². The van der Waals surface area contributed by atoms with Crippen molar-refractivity contribution in [1.29, 1.82) is 0 Å². The Balaban J connectivity index is 1.92. The first-order chi connectivity index (χ1) is 9.94. The number of fused-ring (bicyclic) bond motifs is 4. The summed E-state index contributed by atoms with van der Waals surface area (Å²) in [5.74, 6) is 1.30. The maximum Gasteiger partial charge on any atom is 0.231 e. The Labute approximate surface area is 126 Å². The van der Waals surface area contributed by atoms with E-state index in [1.165, 1.54) is 0 Å². The first kappa shape index (κ1) is 12.8. The van der Waals surface area contributed by atoms with Gasteiger partial charge in [0.1, 0.15) is 0 Å². The highest BCUT2D eigenvalue weighted by atomic mass is 32.2. The number of benzene rings is 1. The zero-order chi connectivity index (χ0) is 14.8. The van der Waals surface area contributed by atoms with Crippen molar-refractivity contribution in [2.75, 3.05) is 11.7 Å². The molecule has 1 aromatic rings. The molecule has 0 bridgehead atoms. The Hall–Kier alpha value is -1.95. The number of ether oxygens (including phenoxy) is 2. The number of carbonyl (C=O) groups is 1. The largest absolute Gasteiger partial charge is 0.454 e. The topological polar surface area (TPSA) is 51.1 Å². The van der Waals surface area contributed by atoms with Crippen LogP contribution in [0, 0.1) is 0 Å². The standard InChI is InChI=1S/C15H14N2O3S/c1-8-6-15(2,3)16-14-17(8)10-5-12-11(19-7-20-12)4-9(10)13(18)21-14/h4-6H,7H2,1-3H3. The van der Waals surface area contributed by atoms with Crippen molar-refractivity contribution in [3.63, 3.8) is 0 Å². The summed E-state index contributed by atoms with van der Waals surface area (Å²) in [6, 6.07) is 3.62. The zero-order valence-corrected chi connectivity index (χ0v) is 12.8. The summed E-state index contributed by atoms with van der Waals surface area (Å²) in [5, 5.41) is 0.708. The van der Waals surface area contributed by atoms with Gasteiger partial charge in [0.05, 0.1) is 16.8 Å². The molecule has 108 valence electrons. The number of carbonyl (C=O) groups excluding carboxylic acids is 1. The van der Waals surface area contributed by atoms with Gasteiger partial charge in [-0.3, -0.25) is 14.7 Å². The van der Waals surface area contributed by atoms with Gasteiger partial charge in [-0.25, -0.2) is 0 Å². The van der Waals surface area contributed by atoms with Gasteiger partial charge in [-0.15, -0.1) is 0 Å². The molecule has 0 fully saturated rings. The van der Waals surface area contributed by atoms with Crippen LogP contribution in [0.15, 0.2) is 28.9 Å². The molecule has 4 rings (SSSR count). The predicted molar refractivity (Wildman–Crippen MR) is 82.2 cm³/mol. The minimum Gasteiger partial charge on any atom is -0.454 e. The number of hydrogen-bond donors (Lipinski definition) is 0. The predicted octanol–water partition coefficient (Wildman–Crippen LogP) is 3.16. The monoisotopic (exact) mass is 302 g/mol. The van der Waals surface area contributed by atoms with E-state index in [0.717, 1.165) is 28.3 Å². The summed E-state index contributed by atoms with van der Waals surface area (Å²) in [4.78, 5) is 19.1. The molecule has 0 N–H and O–H groups in total. The number of nitrogens with zero attached hydrogens (tertiary/aromatic N) is 2. The summed E-state index contributed by atoms with van der Waals surface area (Å²) in [7, 11) is 0. The Morgan fingerprint density at radius 3 is 2.76 bits per heavy atom. The van der Waals surface area contributed by atoms with Gasteiger partial charge in [-0.2, -0.15) is 0 Å². The second-order valence-corrected chi connectivity index (χ2v) is 6.72. The molecule has 0 unspecified atom stereocenters. The molecular weight excluding hydrogens is 288 g/mol. The maximum absolute atomic E-state index is 12.4. The summed E-state index contributed by atoms with van der Waals surface area (Å²) in [6.45, 7) is 6.28. The van der Waals surface area contributed by atoms with Gasteiger partial charge in [0.25, 0.3) is 0 Å². The van der Waals surface area contributed by atoms with Crippen LogP contribution in [0.5, 0.6) is 11.5 Å². The van der Waals surface area contributed by atoms with E-state index in [9.17, 15) is 4.79 Å². The molecule has 0 spiro atoms. The molecule has 3 aliphatic heterocycles. The average Bonchev–Trinajstić information content (AvgIpc) is 2.81. The number of allylic oxidation sites excluding steroid dienone is 1. The molecule has 0 radical (unpaired) electrons. The Morgan fingerprint density at radius 2 is 2.00 bits per heavy atom. The second kappa shape index (κ2) is 4.04. The average molecular weight is 302 g/mol. The molecule has 1 aromatic carbocycles. The van der Waals surface area contributed by atoms with Crippen molar-refractivity contribution in [2.45, 2.75) is 26.3 Å². The molecule has 3 heterocycles. The third-order valence-electron chi connectivity index (χ3n) is 3.63. The molecule has 0 aliphatic carbocycles. The van der Waals surface area contributed by atoms with Crippen molar-refractivity contribution >= 4 is 27.7 Å². The Morgan fingerprint density at radius 1 is 1.29 bits per heavy atom. The van der Waals surface area contributed by atoms with E-state index in [1.54, 1.807) is 6.07 Å². The van der Waals surface area contributed by atoms with Crippen LogP contribution in [-0.4, -0.2) is 22.6 Å². The number of amidine groups is 1. The lowest BCUT2D eigenvalue weighted by atomic mass is 10.0. The minimum absolute atomic E-state index is 0.0104. The van der Waals surface area contributed by atoms with Crippen LogP contribution in [0.2, 0.25) is 0 Å². The van der Waals surface area contributed by atoms with Crippen molar-refractivity contribution in [3.05, 3.63) is 29.5 Å². The maximum atomic E-state index is 12.4. The number of hydrogen-bond acceptors (Lipinski definition) is 6. The van der Waals surface area contributed by atoms with Gasteiger partial charge < -0.3 is 9.47 Å². The molecule has 0 atom stereocenters. The van der Waals surface area contributed by atoms with Crippen LogP contribution in [-0.2, 0) is 0 Å². The summed E-state index contributed by atoms with van der Waals surface area (Å²) >= 11 is 1.16. The lowest BCUT2D eigenvalue weighted by molar-refractivity contribution is 0.108. The van der Waals surface area contributed by atoms with E-state index >= 15 is 0 Å². The van der Waals surface area contributed by atoms with Crippen molar-refractivity contribution < 1.29 is 14.3 Å². The molecule has 0 saturated carbocycles. The van der Waals surface area contributed by atoms with E-state index in [0.29, 0.717) is 17.1 Å². The van der Waals surface area contributed by atoms with Gasteiger partial charge in [0, 0.05) is 11.8 Å². The molecule has 6 heteroatoms. The first-order valence-corrected chi connectivity index (χ1v) is 7.51. The zero-order valence-electron chi connectivity index (χ0n) is 12.0. The number of thioether (sulfide) groups is 1. The molecular formula is C15H14N2O3S. The fourth-order valence-electron chi connectivity index (χ4n) is 2.83. The van der Waals surface area contributed by atoms with E-state index in [2.05, 4.69) is 11.1 Å². The molecule has 3 aliphatic rings. The van der Waals surface area contributed by atoms with Gasteiger partial charge in [0.15, 0.2) is 16.7 Å². The fourth-order valence-corrected chi connectivity index (χ4v) is 3.89. The highest BCUT2D eigenvalue weighted by Crippen LogP contribution is 2.45. The summed E-state index contributed by atoms with van der Waals surface area (Å²) in [6.07, 6.45) is 2.10. The highest BCUT2D eigenvalue weighted by Gasteiger charge is 2.37. The lowest BCUT2D eigenvalue weighted by Gasteiger charge is -2.37. The van der Waals surface area contributed by atoms with E-state index in [-0.39, 0.29) is 17.4 Å². The van der Waals surface area contributed by atoms with E-state index < -0.39 is 0 Å². The fraction of sp³-hybridized carbons (Fsp3) is 0.333. The van der Waals surface area contributed by atoms with Crippen LogP contribution in [0.25, 0.3) is 0 Å². The third kappa shape index (κ3) is 1.86. The van der Waals surface area contributed by atoms with Crippen LogP contribution in [0.1, 0.15) is 31.1 Å². The van der Waals surface area contributed by atoms with Crippen LogP contribution < -0.4 is 14.4 Å². The van der Waals surface area contributed by atoms with Crippen LogP contribution >= 0.6 is 11.8 Å². The number of anilines is 1. The SMILES string of the molecule is CC1=CC(C)(C)N=C2SC(=O)c3cc4c(cc3N12)OCO4. The smallest absolute Gasteiger partial charge is 0.231 e. The molecule has 0 amide bonds. The number of rotatable bonds is 0.